The molecule has 29 heavy (non-hydrogen) atoms. The molecule has 0 spiro atoms. The van der Waals surface area contributed by atoms with Gasteiger partial charge in [-0.15, -0.1) is 11.3 Å². The van der Waals surface area contributed by atoms with Crippen LogP contribution in [-0.4, -0.2) is 23.9 Å². The summed E-state index contributed by atoms with van der Waals surface area (Å²) in [7, 11) is -1.83. The number of nitrogens with one attached hydrogen (secondary N) is 2. The number of thiazole rings is 1. The number of amides is 1. The van der Waals surface area contributed by atoms with E-state index in [0.29, 0.717) is 16.5 Å². The third kappa shape index (κ3) is 4.01. The zero-order valence-corrected chi connectivity index (χ0v) is 17.3. The van der Waals surface area contributed by atoms with Gasteiger partial charge in [-0.2, -0.15) is 0 Å². The molecule has 2 aromatic carbocycles. The lowest BCUT2D eigenvalue weighted by atomic mass is 10.1. The molecule has 0 radical (unpaired) electrons. The molecule has 1 amide bonds. The average molecular weight is 427 g/mol. The van der Waals surface area contributed by atoms with E-state index < -0.39 is 10.0 Å². The number of fused-ring (bicyclic) bond motifs is 1. The molecule has 0 aliphatic heterocycles. The van der Waals surface area contributed by atoms with E-state index in [2.05, 4.69) is 15.0 Å². The maximum Gasteiger partial charge on any atom is 0.261 e. The molecule has 4 rings (SSSR count). The summed E-state index contributed by atoms with van der Waals surface area (Å²) in [5.41, 5.74) is 2.80. The van der Waals surface area contributed by atoms with Crippen LogP contribution in [0.1, 0.15) is 6.92 Å². The summed E-state index contributed by atoms with van der Waals surface area (Å²) in [5.74, 6) is -0.192. The molecule has 0 fully saturated rings. The van der Waals surface area contributed by atoms with Gasteiger partial charge in [0.25, 0.3) is 10.0 Å². The van der Waals surface area contributed by atoms with Gasteiger partial charge < -0.3 is 9.88 Å². The maximum atomic E-state index is 12.8. The van der Waals surface area contributed by atoms with Gasteiger partial charge in [0.15, 0.2) is 5.13 Å². The topological polar surface area (TPSA) is 93.1 Å². The molecular formula is C20H18N4O3S2. The highest BCUT2D eigenvalue weighted by Gasteiger charge is 2.16. The fraction of sp³-hybridized carbons (Fsp3) is 0.100. The minimum atomic E-state index is -3.74. The third-order valence-electron chi connectivity index (χ3n) is 4.36. The Kier molecular flexibility index (Phi) is 4.85. The predicted octanol–water partition coefficient (Wildman–Crippen LogP) is 4.06. The summed E-state index contributed by atoms with van der Waals surface area (Å²) >= 11 is 1.31. The van der Waals surface area contributed by atoms with Crippen molar-refractivity contribution in [2.24, 2.45) is 7.05 Å². The largest absolute Gasteiger partial charge is 0.351 e. The summed E-state index contributed by atoms with van der Waals surface area (Å²) in [4.78, 5) is 15.7. The fourth-order valence-corrected chi connectivity index (χ4v) is 4.85. The van der Waals surface area contributed by atoms with E-state index in [0.717, 1.165) is 16.5 Å². The normalized spacial score (nSPS) is 11.5. The van der Waals surface area contributed by atoms with Crippen molar-refractivity contribution in [1.82, 2.24) is 9.55 Å². The van der Waals surface area contributed by atoms with Crippen LogP contribution in [0.4, 0.5) is 10.8 Å². The van der Waals surface area contributed by atoms with Crippen LogP contribution < -0.4 is 10.0 Å². The Morgan fingerprint density at radius 1 is 1.14 bits per heavy atom. The van der Waals surface area contributed by atoms with Gasteiger partial charge in [0.1, 0.15) is 0 Å². The molecule has 0 saturated heterocycles. The summed E-state index contributed by atoms with van der Waals surface area (Å²) in [5, 5.41) is 5.80. The highest BCUT2D eigenvalue weighted by molar-refractivity contribution is 7.92. The summed E-state index contributed by atoms with van der Waals surface area (Å²) in [6, 6.07) is 13.9. The van der Waals surface area contributed by atoms with Crippen LogP contribution in [-0.2, 0) is 21.9 Å². The first kappa shape index (κ1) is 19.2. The van der Waals surface area contributed by atoms with Crippen molar-refractivity contribution in [2.75, 3.05) is 10.0 Å². The third-order valence-corrected chi connectivity index (χ3v) is 6.50. The molecule has 7 nitrogen and oxygen atoms in total. The first-order valence-electron chi connectivity index (χ1n) is 8.73. The van der Waals surface area contributed by atoms with Crippen LogP contribution >= 0.6 is 11.3 Å². The summed E-state index contributed by atoms with van der Waals surface area (Å²) < 4.78 is 30.3. The Balaban J connectivity index is 1.60. The van der Waals surface area contributed by atoms with Gasteiger partial charge in [-0.25, -0.2) is 13.4 Å². The summed E-state index contributed by atoms with van der Waals surface area (Å²) in [6.07, 6.45) is 1.89. The Morgan fingerprint density at radius 3 is 2.76 bits per heavy atom. The van der Waals surface area contributed by atoms with Gasteiger partial charge in [-0.05, 0) is 36.4 Å². The standard InChI is InChI=1S/C20H18N4O3S2/c1-13(25)21-20-22-18(12-28-20)14-4-3-5-16(10-14)23-29(26,27)17-6-7-19-15(11-17)8-9-24(19)2/h3-12,23H,1-2H3,(H,21,22,25). The molecule has 2 heterocycles. The number of aromatic nitrogens is 2. The van der Waals surface area contributed by atoms with E-state index >= 15 is 0 Å². The fourth-order valence-electron chi connectivity index (χ4n) is 3.00. The Bertz CT molecular complexity index is 1320. The number of carbonyl (C=O) groups is 1. The van der Waals surface area contributed by atoms with Crippen molar-refractivity contribution in [3.8, 4) is 11.3 Å². The Labute approximate surface area is 172 Å². The minimum absolute atomic E-state index is 0.192. The highest BCUT2D eigenvalue weighted by atomic mass is 32.2. The lowest BCUT2D eigenvalue weighted by Gasteiger charge is -2.09. The molecule has 148 valence electrons. The number of anilines is 2. The van der Waals surface area contributed by atoms with Gasteiger partial charge in [0.2, 0.25) is 5.91 Å². The number of aryl methyl sites for hydroxylation is 1. The molecule has 0 aliphatic rings. The Morgan fingerprint density at radius 2 is 1.97 bits per heavy atom. The molecule has 2 aromatic heterocycles. The molecule has 0 saturated carbocycles. The molecule has 9 heteroatoms. The number of hydrogen-bond donors (Lipinski definition) is 2. The first-order valence-corrected chi connectivity index (χ1v) is 11.1. The molecule has 0 bridgehead atoms. The van der Waals surface area contributed by atoms with Gasteiger partial charge in [0, 0.05) is 47.7 Å². The lowest BCUT2D eigenvalue weighted by molar-refractivity contribution is -0.114. The maximum absolute atomic E-state index is 12.8. The van der Waals surface area contributed by atoms with E-state index in [9.17, 15) is 13.2 Å². The van der Waals surface area contributed by atoms with Crippen LogP contribution in [0.15, 0.2) is 65.0 Å². The quantitative estimate of drug-likeness (QED) is 0.503. The smallest absolute Gasteiger partial charge is 0.261 e. The van der Waals surface area contributed by atoms with E-state index in [1.54, 1.807) is 36.4 Å². The predicted molar refractivity (Wildman–Crippen MR) is 116 cm³/mol. The number of hydrogen-bond acceptors (Lipinski definition) is 5. The van der Waals surface area contributed by atoms with E-state index in [1.165, 1.54) is 18.3 Å². The van der Waals surface area contributed by atoms with Gasteiger partial charge in [0.05, 0.1) is 10.6 Å². The number of sulfonamides is 1. The zero-order chi connectivity index (χ0) is 20.6. The summed E-state index contributed by atoms with van der Waals surface area (Å²) in [6.45, 7) is 1.42. The highest BCUT2D eigenvalue weighted by Crippen LogP contribution is 2.28. The number of carbonyl (C=O) groups excluding carboxylic acids is 1. The van der Waals surface area contributed by atoms with Crippen molar-refractivity contribution in [3.05, 3.63) is 60.1 Å². The van der Waals surface area contributed by atoms with Gasteiger partial charge in [-0.3, -0.25) is 9.52 Å². The van der Waals surface area contributed by atoms with Gasteiger partial charge in [-0.1, -0.05) is 12.1 Å². The Hall–Kier alpha value is -3.17. The van der Waals surface area contributed by atoms with E-state index in [-0.39, 0.29) is 10.8 Å². The van der Waals surface area contributed by atoms with Crippen LogP contribution in [0.25, 0.3) is 22.2 Å². The second-order valence-corrected chi connectivity index (χ2v) is 9.09. The second kappa shape index (κ2) is 7.34. The van der Waals surface area contributed by atoms with Crippen LogP contribution in [0.5, 0.6) is 0 Å². The monoisotopic (exact) mass is 426 g/mol. The van der Waals surface area contributed by atoms with Crippen molar-refractivity contribution >= 4 is 49.0 Å². The van der Waals surface area contributed by atoms with Gasteiger partial charge >= 0.3 is 0 Å². The second-order valence-electron chi connectivity index (χ2n) is 6.55. The molecule has 0 unspecified atom stereocenters. The van der Waals surface area contributed by atoms with E-state index in [1.807, 2.05) is 35.3 Å². The molecule has 0 atom stereocenters. The van der Waals surface area contributed by atoms with Crippen molar-refractivity contribution in [3.63, 3.8) is 0 Å². The lowest BCUT2D eigenvalue weighted by Crippen LogP contribution is -2.12. The minimum Gasteiger partial charge on any atom is -0.351 e. The van der Waals surface area contributed by atoms with Crippen LogP contribution in [0.3, 0.4) is 0 Å². The van der Waals surface area contributed by atoms with E-state index in [4.69, 9.17) is 0 Å². The SMILES string of the molecule is CC(=O)Nc1nc(-c2cccc(NS(=O)(=O)c3ccc4c(ccn4C)c3)c2)cs1. The molecule has 0 aliphatic carbocycles. The molecule has 4 aromatic rings. The molecular weight excluding hydrogens is 408 g/mol. The number of nitrogens with zero attached hydrogens (tertiary/aromatic N) is 2. The van der Waals surface area contributed by atoms with Crippen LogP contribution in [0, 0.1) is 0 Å². The zero-order valence-electron chi connectivity index (χ0n) is 15.7. The van der Waals surface area contributed by atoms with Crippen molar-refractivity contribution in [1.29, 1.82) is 0 Å². The number of rotatable bonds is 5. The van der Waals surface area contributed by atoms with Crippen molar-refractivity contribution in [2.45, 2.75) is 11.8 Å². The van der Waals surface area contributed by atoms with Crippen LogP contribution in [0.2, 0.25) is 0 Å². The van der Waals surface area contributed by atoms with Crippen molar-refractivity contribution < 1.29 is 13.2 Å². The number of benzene rings is 2. The first-order chi connectivity index (χ1) is 13.8. The average Bonchev–Trinajstić information content (AvgIpc) is 3.28. The molecule has 2 N–H and O–H groups in total.